The molecule has 2 aromatic rings. The quantitative estimate of drug-likeness (QED) is 0.899. The molecule has 0 amide bonds. The van der Waals surface area contributed by atoms with Gasteiger partial charge in [-0.25, -0.2) is 0 Å². The number of hydrogen-bond acceptors (Lipinski definition) is 3. The van der Waals surface area contributed by atoms with E-state index in [-0.39, 0.29) is 0 Å². The Morgan fingerprint density at radius 2 is 1.89 bits per heavy atom. The van der Waals surface area contributed by atoms with Gasteiger partial charge in [0.05, 0.1) is 0 Å². The molecule has 98 valence electrons. The highest BCUT2D eigenvalue weighted by Crippen LogP contribution is 2.30. The minimum Gasteiger partial charge on any atom is -0.480 e. The van der Waals surface area contributed by atoms with Gasteiger partial charge in [0.1, 0.15) is 5.54 Å². The third-order valence-electron chi connectivity index (χ3n) is 3.69. The van der Waals surface area contributed by atoms with E-state index in [2.05, 4.69) is 5.32 Å². The number of benzene rings is 1. The largest absolute Gasteiger partial charge is 0.480 e. The monoisotopic (exact) mass is 273 g/mol. The van der Waals surface area contributed by atoms with Crippen LogP contribution in [0.5, 0.6) is 0 Å². The maximum absolute atomic E-state index is 11.7. The lowest BCUT2D eigenvalue weighted by molar-refractivity contribution is -0.144. The molecule has 0 atom stereocenters. The van der Waals surface area contributed by atoms with E-state index < -0.39 is 11.5 Å². The zero-order valence-electron chi connectivity index (χ0n) is 10.4. The van der Waals surface area contributed by atoms with Crippen molar-refractivity contribution in [2.24, 2.45) is 0 Å². The van der Waals surface area contributed by atoms with Crippen LogP contribution in [0.2, 0.25) is 0 Å². The lowest BCUT2D eigenvalue weighted by Gasteiger charge is -2.25. The summed E-state index contributed by atoms with van der Waals surface area (Å²) in [5, 5.41) is 14.9. The summed E-state index contributed by atoms with van der Waals surface area (Å²) >= 11 is 1.65. The summed E-state index contributed by atoms with van der Waals surface area (Å²) in [6, 6.07) is 12.0. The van der Waals surface area contributed by atoms with Gasteiger partial charge in [-0.2, -0.15) is 0 Å². The van der Waals surface area contributed by atoms with Gasteiger partial charge in [0, 0.05) is 24.3 Å². The molecule has 0 spiro atoms. The average Bonchev–Trinajstić information content (AvgIpc) is 3.04. The lowest BCUT2D eigenvalue weighted by atomic mass is 9.96. The third-order valence-corrected chi connectivity index (χ3v) is 4.57. The van der Waals surface area contributed by atoms with E-state index in [0.717, 1.165) is 16.0 Å². The molecule has 1 aromatic heterocycles. The summed E-state index contributed by atoms with van der Waals surface area (Å²) in [6.45, 7) is 0.609. The average molecular weight is 273 g/mol. The number of rotatable bonds is 4. The molecule has 1 aliphatic carbocycles. The van der Waals surface area contributed by atoms with E-state index in [1.807, 2.05) is 41.8 Å². The Morgan fingerprint density at radius 3 is 2.42 bits per heavy atom. The maximum atomic E-state index is 11.7. The second-order valence-electron chi connectivity index (χ2n) is 4.94. The Balaban J connectivity index is 1.81. The van der Waals surface area contributed by atoms with E-state index in [1.54, 1.807) is 11.3 Å². The van der Waals surface area contributed by atoms with E-state index in [4.69, 9.17) is 0 Å². The predicted molar refractivity (Wildman–Crippen MR) is 75.4 cm³/mol. The summed E-state index contributed by atoms with van der Waals surface area (Å²) in [4.78, 5) is 12.9. The molecule has 0 aliphatic heterocycles. The first-order chi connectivity index (χ1) is 9.20. The molecule has 3 rings (SSSR count). The summed E-state index contributed by atoms with van der Waals surface area (Å²) in [5.74, 6) is -0.764. The van der Waals surface area contributed by atoms with Gasteiger partial charge >= 0.3 is 5.97 Å². The standard InChI is InChI=1S/C15H15NO2S/c17-14(18)15(16-10-13-6-3-7-19-13)8-11-4-1-2-5-12(11)9-15/h1-7,16H,8-10H2,(H,17,18). The molecule has 3 nitrogen and oxygen atoms in total. The minimum absolute atomic E-state index is 0.559. The Hall–Kier alpha value is -1.65. The summed E-state index contributed by atoms with van der Waals surface area (Å²) < 4.78 is 0. The zero-order valence-corrected chi connectivity index (χ0v) is 11.2. The highest BCUT2D eigenvalue weighted by atomic mass is 32.1. The molecule has 0 unspecified atom stereocenters. The van der Waals surface area contributed by atoms with Crippen LogP contribution in [0.1, 0.15) is 16.0 Å². The molecule has 2 N–H and O–H groups in total. The molecule has 1 aromatic carbocycles. The first-order valence-electron chi connectivity index (χ1n) is 6.27. The molecule has 0 saturated heterocycles. The van der Waals surface area contributed by atoms with E-state index in [0.29, 0.717) is 19.4 Å². The van der Waals surface area contributed by atoms with Crippen molar-refractivity contribution < 1.29 is 9.90 Å². The zero-order chi connectivity index (χ0) is 13.3. The van der Waals surface area contributed by atoms with E-state index >= 15 is 0 Å². The molecule has 1 heterocycles. The van der Waals surface area contributed by atoms with Gasteiger partial charge in [-0.05, 0) is 22.6 Å². The van der Waals surface area contributed by atoms with Crippen LogP contribution in [0.25, 0.3) is 0 Å². The van der Waals surface area contributed by atoms with Gasteiger partial charge < -0.3 is 5.11 Å². The number of nitrogens with one attached hydrogen (secondary N) is 1. The second-order valence-corrected chi connectivity index (χ2v) is 5.97. The van der Waals surface area contributed by atoms with Crippen LogP contribution in [-0.2, 0) is 24.2 Å². The number of carbonyl (C=O) groups is 1. The van der Waals surface area contributed by atoms with Gasteiger partial charge in [-0.3, -0.25) is 10.1 Å². The van der Waals surface area contributed by atoms with Crippen molar-refractivity contribution in [3.63, 3.8) is 0 Å². The fraction of sp³-hybridized carbons (Fsp3) is 0.267. The Labute approximate surface area is 115 Å². The number of hydrogen-bond donors (Lipinski definition) is 2. The lowest BCUT2D eigenvalue weighted by Crippen LogP contribution is -2.52. The number of aliphatic carboxylic acids is 1. The van der Waals surface area contributed by atoms with Gasteiger partial charge in [0.25, 0.3) is 0 Å². The first kappa shape index (κ1) is 12.4. The molecule has 0 fully saturated rings. The molecule has 0 radical (unpaired) electrons. The number of thiophene rings is 1. The molecule has 1 aliphatic rings. The molecule has 0 bridgehead atoms. The van der Waals surface area contributed by atoms with Gasteiger partial charge in [-0.1, -0.05) is 30.3 Å². The SMILES string of the molecule is O=C(O)C1(NCc2cccs2)Cc2ccccc2C1. The van der Waals surface area contributed by atoms with Gasteiger partial charge in [0.15, 0.2) is 0 Å². The second kappa shape index (κ2) is 4.79. The highest BCUT2D eigenvalue weighted by molar-refractivity contribution is 7.09. The van der Waals surface area contributed by atoms with Crippen molar-refractivity contribution in [1.82, 2.24) is 5.32 Å². The van der Waals surface area contributed by atoms with E-state index in [1.165, 1.54) is 0 Å². The van der Waals surface area contributed by atoms with Crippen molar-refractivity contribution >= 4 is 17.3 Å². The van der Waals surface area contributed by atoms with Crippen LogP contribution in [0.3, 0.4) is 0 Å². The number of carboxylic acid groups (broad SMARTS) is 1. The summed E-state index contributed by atoms with van der Waals surface area (Å²) in [7, 11) is 0. The molecular weight excluding hydrogens is 258 g/mol. The normalized spacial score (nSPS) is 16.2. The third kappa shape index (κ3) is 2.29. The van der Waals surface area contributed by atoms with Crippen molar-refractivity contribution in [2.45, 2.75) is 24.9 Å². The summed E-state index contributed by atoms with van der Waals surface area (Å²) in [5.41, 5.74) is 1.43. The Kier molecular flexibility index (Phi) is 3.12. The fourth-order valence-electron chi connectivity index (χ4n) is 2.64. The predicted octanol–water partition coefficient (Wildman–Crippen LogP) is 2.46. The van der Waals surface area contributed by atoms with Crippen molar-refractivity contribution in [2.75, 3.05) is 0 Å². The van der Waals surface area contributed by atoms with Crippen molar-refractivity contribution in [3.05, 3.63) is 57.8 Å². The first-order valence-corrected chi connectivity index (χ1v) is 7.15. The number of fused-ring (bicyclic) bond motifs is 1. The summed E-state index contributed by atoms with van der Waals surface area (Å²) in [6.07, 6.45) is 1.12. The van der Waals surface area contributed by atoms with Crippen LogP contribution in [0.4, 0.5) is 0 Å². The van der Waals surface area contributed by atoms with Crippen LogP contribution in [-0.4, -0.2) is 16.6 Å². The van der Waals surface area contributed by atoms with Gasteiger partial charge in [-0.15, -0.1) is 11.3 Å². The van der Waals surface area contributed by atoms with Crippen molar-refractivity contribution in [1.29, 1.82) is 0 Å². The minimum atomic E-state index is -0.853. The van der Waals surface area contributed by atoms with Crippen LogP contribution < -0.4 is 5.32 Å². The molecular formula is C15H15NO2S. The Bertz CT molecular complexity index is 567. The van der Waals surface area contributed by atoms with Crippen LogP contribution in [0.15, 0.2) is 41.8 Å². The Morgan fingerprint density at radius 1 is 1.21 bits per heavy atom. The molecule has 4 heteroatoms. The molecule has 0 saturated carbocycles. The fourth-order valence-corrected chi connectivity index (χ4v) is 3.28. The van der Waals surface area contributed by atoms with Gasteiger partial charge in [0.2, 0.25) is 0 Å². The highest BCUT2D eigenvalue weighted by Gasteiger charge is 2.43. The van der Waals surface area contributed by atoms with Crippen molar-refractivity contribution in [3.8, 4) is 0 Å². The van der Waals surface area contributed by atoms with Crippen LogP contribution in [0, 0.1) is 0 Å². The topological polar surface area (TPSA) is 49.3 Å². The van der Waals surface area contributed by atoms with Crippen LogP contribution >= 0.6 is 11.3 Å². The maximum Gasteiger partial charge on any atom is 0.324 e. The smallest absolute Gasteiger partial charge is 0.324 e. The molecule has 19 heavy (non-hydrogen) atoms. The van der Waals surface area contributed by atoms with E-state index in [9.17, 15) is 9.90 Å². The number of carboxylic acids is 1.